The molecule has 0 radical (unpaired) electrons. The topological polar surface area (TPSA) is 46.9 Å². The molecular weight excluding hydrogens is 154 g/mol. The van der Waals surface area contributed by atoms with Crippen LogP contribution in [0.3, 0.4) is 0 Å². The molecule has 1 N–H and O–H groups in total. The Morgan fingerprint density at radius 1 is 1.67 bits per heavy atom. The molecule has 1 aliphatic rings. The second kappa shape index (κ2) is 2.62. The van der Waals surface area contributed by atoms with Crippen molar-refractivity contribution in [1.82, 2.24) is 9.55 Å². The number of hydrogen-bond acceptors (Lipinski definition) is 3. The van der Waals surface area contributed by atoms with Crippen LogP contribution in [-0.4, -0.2) is 16.6 Å². The molecule has 12 heavy (non-hydrogen) atoms. The van der Waals surface area contributed by atoms with E-state index in [1.54, 1.807) is 24.0 Å². The number of rotatable bonds is 2. The zero-order chi connectivity index (χ0) is 8.55. The van der Waals surface area contributed by atoms with Crippen LogP contribution in [0.1, 0.15) is 18.9 Å². The Bertz CT molecular complexity index is 340. The first-order chi connectivity index (χ1) is 5.83. The quantitative estimate of drug-likeness (QED) is 0.698. The second-order valence-electron chi connectivity index (χ2n) is 2.97. The van der Waals surface area contributed by atoms with Crippen LogP contribution < -0.4 is 10.9 Å². The summed E-state index contributed by atoms with van der Waals surface area (Å²) >= 11 is 0. The van der Waals surface area contributed by atoms with Crippen LogP contribution in [0.25, 0.3) is 0 Å². The highest BCUT2D eigenvalue weighted by molar-refractivity contribution is 5.29. The van der Waals surface area contributed by atoms with Crippen LogP contribution in [0.5, 0.6) is 0 Å². The summed E-state index contributed by atoms with van der Waals surface area (Å²) in [6, 6.07) is 0.424. The van der Waals surface area contributed by atoms with E-state index in [1.807, 2.05) is 0 Å². The molecule has 1 aromatic rings. The first kappa shape index (κ1) is 7.34. The highest BCUT2D eigenvalue weighted by Gasteiger charge is 2.24. The molecule has 2 rings (SSSR count). The maximum Gasteiger partial charge on any atom is 0.293 e. The molecule has 1 aromatic heterocycles. The molecule has 0 unspecified atom stereocenters. The summed E-state index contributed by atoms with van der Waals surface area (Å²) < 4.78 is 1.75. The van der Waals surface area contributed by atoms with Crippen molar-refractivity contribution in [2.45, 2.75) is 18.9 Å². The molecule has 4 heteroatoms. The summed E-state index contributed by atoms with van der Waals surface area (Å²) in [6.45, 7) is 0. The van der Waals surface area contributed by atoms with E-state index >= 15 is 0 Å². The minimum atomic E-state index is -0.0116. The Kier molecular flexibility index (Phi) is 1.60. The van der Waals surface area contributed by atoms with Crippen LogP contribution >= 0.6 is 0 Å². The van der Waals surface area contributed by atoms with Crippen LogP contribution in [0.2, 0.25) is 0 Å². The summed E-state index contributed by atoms with van der Waals surface area (Å²) in [4.78, 5) is 15.4. The van der Waals surface area contributed by atoms with Crippen LogP contribution in [-0.2, 0) is 0 Å². The molecule has 1 saturated carbocycles. The van der Waals surface area contributed by atoms with E-state index in [2.05, 4.69) is 10.3 Å². The largest absolute Gasteiger partial charge is 0.369 e. The van der Waals surface area contributed by atoms with Crippen molar-refractivity contribution in [3.05, 3.63) is 22.7 Å². The number of aromatic nitrogens is 2. The minimum absolute atomic E-state index is 0.0116. The molecule has 0 saturated heterocycles. The Morgan fingerprint density at radius 2 is 2.42 bits per heavy atom. The number of hydrogen-bond donors (Lipinski definition) is 1. The summed E-state index contributed by atoms with van der Waals surface area (Å²) in [5.74, 6) is 0.435. The smallest absolute Gasteiger partial charge is 0.293 e. The Hall–Kier alpha value is -1.32. The molecule has 0 amide bonds. The fourth-order valence-electron chi connectivity index (χ4n) is 1.24. The van der Waals surface area contributed by atoms with E-state index in [0.717, 1.165) is 12.8 Å². The van der Waals surface area contributed by atoms with Gasteiger partial charge < -0.3 is 9.88 Å². The van der Waals surface area contributed by atoms with Crippen LogP contribution in [0.15, 0.2) is 17.2 Å². The Morgan fingerprint density at radius 3 is 3.00 bits per heavy atom. The van der Waals surface area contributed by atoms with Crippen molar-refractivity contribution >= 4 is 5.82 Å². The third kappa shape index (κ3) is 1.09. The van der Waals surface area contributed by atoms with Gasteiger partial charge in [0.15, 0.2) is 5.82 Å². The van der Waals surface area contributed by atoms with E-state index in [4.69, 9.17) is 0 Å². The molecular formula is C8H11N3O. The van der Waals surface area contributed by atoms with Gasteiger partial charge in [-0.05, 0) is 12.8 Å². The van der Waals surface area contributed by atoms with E-state index in [1.165, 1.54) is 0 Å². The fourth-order valence-corrected chi connectivity index (χ4v) is 1.24. The molecule has 0 aromatic carbocycles. The molecule has 1 heterocycles. The first-order valence-corrected chi connectivity index (χ1v) is 4.08. The SMILES string of the molecule is CNc1nccn(C2CC2)c1=O. The second-order valence-corrected chi connectivity index (χ2v) is 2.97. The van der Waals surface area contributed by atoms with E-state index in [9.17, 15) is 4.79 Å². The summed E-state index contributed by atoms with van der Waals surface area (Å²) in [5.41, 5.74) is -0.0116. The van der Waals surface area contributed by atoms with Crippen molar-refractivity contribution in [3.8, 4) is 0 Å². The molecule has 0 spiro atoms. The third-order valence-corrected chi connectivity index (χ3v) is 2.05. The van der Waals surface area contributed by atoms with Gasteiger partial charge in [0, 0.05) is 25.5 Å². The number of nitrogens with one attached hydrogen (secondary N) is 1. The predicted molar refractivity (Wildman–Crippen MR) is 46.3 cm³/mol. The number of nitrogens with zero attached hydrogens (tertiary/aromatic N) is 2. The van der Waals surface area contributed by atoms with Crippen LogP contribution in [0, 0.1) is 0 Å². The van der Waals surface area contributed by atoms with Crippen molar-refractivity contribution in [1.29, 1.82) is 0 Å². The van der Waals surface area contributed by atoms with Gasteiger partial charge in [-0.25, -0.2) is 4.98 Å². The molecule has 4 nitrogen and oxygen atoms in total. The predicted octanol–water partition coefficient (Wildman–Crippen LogP) is 0.620. The molecule has 0 atom stereocenters. The molecule has 1 fully saturated rings. The molecule has 0 aliphatic heterocycles. The van der Waals surface area contributed by atoms with Gasteiger partial charge in [-0.2, -0.15) is 0 Å². The standard InChI is InChI=1S/C8H11N3O/c1-9-7-8(12)11(5-4-10-7)6-2-3-6/h4-6H,2-3H2,1H3,(H,9,10). The monoisotopic (exact) mass is 165 g/mol. The van der Waals surface area contributed by atoms with Gasteiger partial charge in [0.25, 0.3) is 5.56 Å². The van der Waals surface area contributed by atoms with Gasteiger partial charge in [0.2, 0.25) is 0 Å². The Labute approximate surface area is 70.2 Å². The van der Waals surface area contributed by atoms with Gasteiger partial charge in [-0.3, -0.25) is 4.79 Å². The normalized spacial score (nSPS) is 16.1. The van der Waals surface area contributed by atoms with Crippen molar-refractivity contribution < 1.29 is 0 Å². The van der Waals surface area contributed by atoms with Gasteiger partial charge in [-0.15, -0.1) is 0 Å². The molecule has 1 aliphatic carbocycles. The summed E-state index contributed by atoms with van der Waals surface area (Å²) in [5, 5.41) is 2.77. The van der Waals surface area contributed by atoms with Gasteiger partial charge in [-0.1, -0.05) is 0 Å². The van der Waals surface area contributed by atoms with Gasteiger partial charge in [0.1, 0.15) is 0 Å². The minimum Gasteiger partial charge on any atom is -0.369 e. The third-order valence-electron chi connectivity index (χ3n) is 2.05. The maximum atomic E-state index is 11.5. The van der Waals surface area contributed by atoms with E-state index < -0.39 is 0 Å². The van der Waals surface area contributed by atoms with Gasteiger partial charge >= 0.3 is 0 Å². The lowest BCUT2D eigenvalue weighted by atomic mass is 10.5. The number of anilines is 1. The van der Waals surface area contributed by atoms with E-state index in [0.29, 0.717) is 11.9 Å². The Balaban J connectivity index is 2.48. The highest BCUT2D eigenvalue weighted by atomic mass is 16.1. The van der Waals surface area contributed by atoms with E-state index in [-0.39, 0.29) is 5.56 Å². The average Bonchev–Trinajstić information content (AvgIpc) is 2.88. The zero-order valence-electron chi connectivity index (χ0n) is 6.95. The lowest BCUT2D eigenvalue weighted by molar-refractivity contribution is 0.701. The van der Waals surface area contributed by atoms with Crippen molar-refractivity contribution in [3.63, 3.8) is 0 Å². The molecule has 0 bridgehead atoms. The summed E-state index contributed by atoms with van der Waals surface area (Å²) in [6.07, 6.45) is 5.65. The fraction of sp³-hybridized carbons (Fsp3) is 0.500. The first-order valence-electron chi connectivity index (χ1n) is 4.08. The van der Waals surface area contributed by atoms with Crippen LogP contribution in [0.4, 0.5) is 5.82 Å². The van der Waals surface area contributed by atoms with Crippen molar-refractivity contribution in [2.75, 3.05) is 12.4 Å². The maximum absolute atomic E-state index is 11.5. The zero-order valence-corrected chi connectivity index (χ0v) is 6.95. The lowest BCUT2D eigenvalue weighted by Crippen LogP contribution is -2.22. The molecule has 64 valence electrons. The van der Waals surface area contributed by atoms with Crippen molar-refractivity contribution in [2.24, 2.45) is 0 Å². The summed E-state index contributed by atoms with van der Waals surface area (Å²) in [7, 11) is 1.71. The lowest BCUT2D eigenvalue weighted by Gasteiger charge is -2.03. The van der Waals surface area contributed by atoms with Gasteiger partial charge in [0.05, 0.1) is 0 Å². The average molecular weight is 165 g/mol. The highest BCUT2D eigenvalue weighted by Crippen LogP contribution is 2.33.